The number of nitrogens with one attached hydrogen (secondary N) is 2. The molecule has 0 radical (unpaired) electrons. The molecule has 0 aliphatic rings. The highest BCUT2D eigenvalue weighted by molar-refractivity contribution is 9.11. The molecule has 0 atom stereocenters. The van der Waals surface area contributed by atoms with E-state index in [2.05, 4.69) is 47.5 Å². The average Bonchev–Trinajstić information content (AvgIpc) is 2.49. The average molecular weight is 415 g/mol. The number of hydrogen-bond donors (Lipinski definition) is 2. The van der Waals surface area contributed by atoms with Gasteiger partial charge < -0.3 is 15.4 Å². The highest BCUT2D eigenvalue weighted by atomic mass is 79.9. The summed E-state index contributed by atoms with van der Waals surface area (Å²) in [5, 5.41) is 5.73. The molecule has 0 saturated heterocycles. The number of carbonyl (C=O) groups excluding carboxylic acids is 1. The molecule has 5 nitrogen and oxygen atoms in total. The second kappa shape index (κ2) is 6.91. The first-order valence-corrected chi connectivity index (χ1v) is 7.62. The Labute approximate surface area is 139 Å². The number of carbonyl (C=O) groups is 1. The van der Waals surface area contributed by atoms with Crippen LogP contribution in [-0.2, 0) is 0 Å². The van der Waals surface area contributed by atoms with Crippen LogP contribution < -0.4 is 15.4 Å². The molecule has 0 fully saturated rings. The summed E-state index contributed by atoms with van der Waals surface area (Å²) in [7, 11) is 3.29. The van der Waals surface area contributed by atoms with Gasteiger partial charge in [-0.1, -0.05) is 0 Å². The summed E-state index contributed by atoms with van der Waals surface area (Å²) in [4.78, 5) is 16.5. The molecule has 0 aliphatic heterocycles. The van der Waals surface area contributed by atoms with Crippen molar-refractivity contribution in [1.29, 1.82) is 0 Å². The molecule has 0 aliphatic carbocycles. The number of hydrogen-bond acceptors (Lipinski definition) is 4. The third-order valence-corrected chi connectivity index (χ3v) is 4.05. The lowest BCUT2D eigenvalue weighted by Crippen LogP contribution is -2.15. The van der Waals surface area contributed by atoms with Crippen molar-refractivity contribution in [2.45, 2.75) is 0 Å². The summed E-state index contributed by atoms with van der Waals surface area (Å²) in [5.41, 5.74) is 1.08. The second-order valence-electron chi connectivity index (χ2n) is 4.07. The number of aromatic nitrogens is 1. The van der Waals surface area contributed by atoms with Gasteiger partial charge in [0.25, 0.3) is 5.91 Å². The normalized spacial score (nSPS) is 10.1. The molecule has 0 unspecified atom stereocenters. The van der Waals surface area contributed by atoms with Gasteiger partial charge in [-0.3, -0.25) is 4.79 Å². The van der Waals surface area contributed by atoms with Crippen molar-refractivity contribution in [3.63, 3.8) is 0 Å². The maximum Gasteiger partial charge on any atom is 0.259 e. The van der Waals surface area contributed by atoms with E-state index in [1.54, 1.807) is 38.6 Å². The van der Waals surface area contributed by atoms with E-state index in [1.807, 2.05) is 6.07 Å². The van der Waals surface area contributed by atoms with Crippen molar-refractivity contribution in [2.24, 2.45) is 0 Å². The van der Waals surface area contributed by atoms with Crippen molar-refractivity contribution < 1.29 is 9.53 Å². The van der Waals surface area contributed by atoms with Crippen molar-refractivity contribution in [1.82, 2.24) is 4.98 Å². The predicted octanol–water partition coefficient (Wildman–Crippen LogP) is 3.91. The van der Waals surface area contributed by atoms with Crippen molar-refractivity contribution in [2.75, 3.05) is 24.8 Å². The molecular weight excluding hydrogens is 402 g/mol. The van der Waals surface area contributed by atoms with Crippen LogP contribution in [-0.4, -0.2) is 25.0 Å². The number of pyridine rings is 1. The number of anilines is 2. The first-order chi connectivity index (χ1) is 10.1. The fourth-order valence-electron chi connectivity index (χ4n) is 1.76. The molecule has 21 heavy (non-hydrogen) atoms. The fraction of sp³-hybridized carbons (Fsp3) is 0.143. The highest BCUT2D eigenvalue weighted by Gasteiger charge is 2.14. The van der Waals surface area contributed by atoms with Gasteiger partial charge in [-0.05, 0) is 50.1 Å². The highest BCUT2D eigenvalue weighted by Crippen LogP contribution is 2.34. The van der Waals surface area contributed by atoms with E-state index in [-0.39, 0.29) is 5.91 Å². The zero-order valence-electron chi connectivity index (χ0n) is 11.4. The molecule has 7 heteroatoms. The van der Waals surface area contributed by atoms with Crippen molar-refractivity contribution in [3.05, 3.63) is 45.0 Å². The quantitative estimate of drug-likeness (QED) is 0.796. The summed E-state index contributed by atoms with van der Waals surface area (Å²) < 4.78 is 6.78. The number of ether oxygens (including phenoxy) is 1. The smallest absolute Gasteiger partial charge is 0.259 e. The molecule has 1 amide bonds. The third-order valence-electron chi connectivity index (χ3n) is 2.78. The number of methoxy groups -OCH3 is 1. The van der Waals surface area contributed by atoms with E-state index in [9.17, 15) is 4.79 Å². The summed E-state index contributed by atoms with van der Waals surface area (Å²) in [6, 6.07) is 6.98. The molecule has 2 rings (SSSR count). The van der Waals surface area contributed by atoms with Gasteiger partial charge in [-0.2, -0.15) is 0 Å². The molecule has 0 saturated carbocycles. The third kappa shape index (κ3) is 3.54. The van der Waals surface area contributed by atoms with Crippen LogP contribution in [0.1, 0.15) is 10.4 Å². The largest absolute Gasteiger partial charge is 0.495 e. The minimum atomic E-state index is -0.252. The van der Waals surface area contributed by atoms with Crippen LogP contribution >= 0.6 is 31.9 Å². The van der Waals surface area contributed by atoms with Crippen LogP contribution in [0.5, 0.6) is 5.75 Å². The van der Waals surface area contributed by atoms with E-state index >= 15 is 0 Å². The summed E-state index contributed by atoms with van der Waals surface area (Å²) in [6.45, 7) is 0. The van der Waals surface area contributed by atoms with Crippen LogP contribution in [0.4, 0.5) is 11.5 Å². The van der Waals surface area contributed by atoms with E-state index in [1.165, 1.54) is 0 Å². The van der Waals surface area contributed by atoms with E-state index in [0.717, 1.165) is 8.95 Å². The van der Waals surface area contributed by atoms with Crippen molar-refractivity contribution >= 4 is 49.3 Å². The van der Waals surface area contributed by atoms with Crippen molar-refractivity contribution in [3.8, 4) is 5.75 Å². The Kier molecular flexibility index (Phi) is 5.19. The van der Waals surface area contributed by atoms with E-state index in [4.69, 9.17) is 4.74 Å². The standard InChI is InChI=1S/C14H13Br2N3O2/c1-17-13-8(4-3-5-18-13)14(20)19-11-7-12(21-2)10(16)6-9(11)15/h3-7H,1-2H3,(H,17,18)(H,19,20). The number of rotatable bonds is 4. The molecule has 2 N–H and O–H groups in total. The minimum Gasteiger partial charge on any atom is -0.495 e. The summed E-state index contributed by atoms with van der Waals surface area (Å²) >= 11 is 6.80. The Balaban J connectivity index is 2.31. The minimum absolute atomic E-state index is 0.252. The monoisotopic (exact) mass is 413 g/mol. The topological polar surface area (TPSA) is 63.2 Å². The first kappa shape index (κ1) is 15.8. The number of benzene rings is 1. The lowest BCUT2D eigenvalue weighted by Gasteiger charge is -2.12. The lowest BCUT2D eigenvalue weighted by molar-refractivity contribution is 0.102. The van der Waals surface area contributed by atoms with Gasteiger partial charge in [0.05, 0.1) is 22.8 Å². The maximum atomic E-state index is 12.4. The van der Waals surface area contributed by atoms with Crippen LogP contribution in [0.2, 0.25) is 0 Å². The van der Waals surface area contributed by atoms with E-state index in [0.29, 0.717) is 22.8 Å². The van der Waals surface area contributed by atoms with Gasteiger partial charge in [0.1, 0.15) is 11.6 Å². The molecule has 2 aromatic rings. The van der Waals surface area contributed by atoms with Gasteiger partial charge in [-0.15, -0.1) is 0 Å². The van der Waals surface area contributed by atoms with Gasteiger partial charge >= 0.3 is 0 Å². The maximum absolute atomic E-state index is 12.4. The van der Waals surface area contributed by atoms with Crippen LogP contribution in [0.3, 0.4) is 0 Å². The predicted molar refractivity (Wildman–Crippen MR) is 90.1 cm³/mol. The number of nitrogens with zero attached hydrogens (tertiary/aromatic N) is 1. The zero-order chi connectivity index (χ0) is 15.4. The molecule has 1 heterocycles. The van der Waals surface area contributed by atoms with Gasteiger partial charge in [-0.25, -0.2) is 4.98 Å². The number of amides is 1. The van der Waals surface area contributed by atoms with Gasteiger partial charge in [0.15, 0.2) is 0 Å². The summed E-state index contributed by atoms with van der Waals surface area (Å²) in [6.07, 6.45) is 1.63. The fourth-order valence-corrected chi connectivity index (χ4v) is 3.01. The van der Waals surface area contributed by atoms with Crippen LogP contribution in [0.25, 0.3) is 0 Å². The van der Waals surface area contributed by atoms with E-state index < -0.39 is 0 Å². The van der Waals surface area contributed by atoms with Gasteiger partial charge in [0.2, 0.25) is 0 Å². The Hall–Kier alpha value is -1.60. The van der Waals surface area contributed by atoms with Crippen LogP contribution in [0.15, 0.2) is 39.4 Å². The molecule has 1 aromatic heterocycles. The Morgan fingerprint density at radius 3 is 2.71 bits per heavy atom. The van der Waals surface area contributed by atoms with Crippen LogP contribution in [0, 0.1) is 0 Å². The molecule has 0 bridgehead atoms. The molecule has 110 valence electrons. The Morgan fingerprint density at radius 1 is 1.29 bits per heavy atom. The van der Waals surface area contributed by atoms with Gasteiger partial charge in [0, 0.05) is 23.8 Å². The lowest BCUT2D eigenvalue weighted by atomic mass is 10.2. The SMILES string of the molecule is CNc1ncccc1C(=O)Nc1cc(OC)c(Br)cc1Br. The summed E-state index contributed by atoms with van der Waals surface area (Å²) in [5.74, 6) is 0.904. The Bertz CT molecular complexity index is 677. The second-order valence-corrected chi connectivity index (χ2v) is 5.78. The molecular formula is C14H13Br2N3O2. The molecule has 1 aromatic carbocycles. The Morgan fingerprint density at radius 2 is 2.05 bits per heavy atom. The zero-order valence-corrected chi connectivity index (χ0v) is 14.6. The first-order valence-electron chi connectivity index (χ1n) is 6.04. The number of halogens is 2. The molecule has 0 spiro atoms.